The first-order chi connectivity index (χ1) is 29.2. The van der Waals surface area contributed by atoms with Gasteiger partial charge >= 0.3 is 0 Å². The van der Waals surface area contributed by atoms with Gasteiger partial charge in [-0.25, -0.2) is 0 Å². The van der Waals surface area contributed by atoms with Crippen molar-refractivity contribution in [2.75, 3.05) is 4.90 Å². The van der Waals surface area contributed by atoms with Crippen molar-refractivity contribution < 1.29 is 18.4 Å². The topological polar surface area (TPSA) is 29.5 Å². The number of fused-ring (bicyclic) bond motifs is 9. The van der Waals surface area contributed by atoms with Crippen LogP contribution in [0.25, 0.3) is 87.7 Å². The van der Waals surface area contributed by atoms with Gasteiger partial charge in [0.2, 0.25) is 0 Å². The van der Waals surface area contributed by atoms with Crippen LogP contribution in [0.1, 0.15) is 9.60 Å². The summed E-state index contributed by atoms with van der Waals surface area (Å²) in [5.41, 5.74) is 8.10. The van der Waals surface area contributed by atoms with Crippen LogP contribution in [-0.4, -0.2) is 0 Å². The first kappa shape index (κ1) is 23.4. The number of hydrogen-bond donors (Lipinski definition) is 0. The first-order valence-electron chi connectivity index (χ1n) is 20.9. The minimum atomic E-state index is -0.493. The van der Waals surface area contributed by atoms with Crippen LogP contribution >= 0.6 is 0 Å². The Kier molecular flexibility index (Phi) is 5.18. The molecule has 2 heterocycles. The quantitative estimate of drug-likeness (QED) is 0.181. The van der Waals surface area contributed by atoms with Gasteiger partial charge in [0.15, 0.2) is 0 Å². The van der Waals surface area contributed by atoms with E-state index in [0.29, 0.717) is 27.5 Å². The van der Waals surface area contributed by atoms with Gasteiger partial charge in [-0.15, -0.1) is 0 Å². The van der Waals surface area contributed by atoms with Gasteiger partial charge in [0, 0.05) is 39.0 Å². The minimum Gasteiger partial charge on any atom is -0.456 e. The average Bonchev–Trinajstić information content (AvgIpc) is 3.86. The third kappa shape index (κ3) is 4.68. The van der Waals surface area contributed by atoms with E-state index >= 15 is 0 Å². The van der Waals surface area contributed by atoms with Gasteiger partial charge in [-0.1, -0.05) is 133 Å². The van der Waals surface area contributed by atoms with Gasteiger partial charge in [0.25, 0.3) is 0 Å². The van der Waals surface area contributed by atoms with E-state index in [1.807, 2.05) is 91.0 Å². The van der Waals surface area contributed by atoms with Crippen LogP contribution in [0, 0.1) is 0 Å². The lowest BCUT2D eigenvalue weighted by Crippen LogP contribution is -2.10. The highest BCUT2D eigenvalue weighted by atomic mass is 16.3. The first-order valence-corrected chi connectivity index (χ1v) is 17.4. The number of para-hydroxylation sites is 1. The van der Waals surface area contributed by atoms with Gasteiger partial charge in [0.05, 0.1) is 20.7 Å². The molecule has 0 radical (unpaired) electrons. The van der Waals surface area contributed by atoms with E-state index < -0.39 is 30.2 Å². The van der Waals surface area contributed by atoms with Crippen LogP contribution < -0.4 is 4.90 Å². The van der Waals surface area contributed by atoms with E-state index in [4.69, 9.17) is 17.1 Å². The van der Waals surface area contributed by atoms with Crippen molar-refractivity contribution in [2.45, 2.75) is 0 Å². The highest BCUT2D eigenvalue weighted by Gasteiger charge is 2.23. The average molecular weight is 685 g/mol. The number of anilines is 3. The third-order valence-electron chi connectivity index (χ3n) is 10.2. The minimum absolute atomic E-state index is 0.0313. The molecule has 2 aromatic heterocycles. The summed E-state index contributed by atoms with van der Waals surface area (Å²) in [6, 6.07) is 45.3. The number of benzene rings is 9. The molecule has 0 fully saturated rings. The Morgan fingerprint density at radius 2 is 1.11 bits per heavy atom. The molecule has 0 N–H and O–H groups in total. The zero-order chi connectivity index (χ0) is 41.0. The van der Waals surface area contributed by atoms with Crippen molar-refractivity contribution in [3.63, 3.8) is 0 Å². The summed E-state index contributed by atoms with van der Waals surface area (Å²) in [6.07, 6.45) is 0. The summed E-state index contributed by atoms with van der Waals surface area (Å²) in [6.45, 7) is 0. The molecule has 0 unspecified atom stereocenters. The van der Waals surface area contributed by atoms with E-state index in [1.165, 1.54) is 0 Å². The molecular weight excluding hydrogens is 647 g/mol. The molecular formula is C50H31NO2. The van der Waals surface area contributed by atoms with E-state index in [9.17, 15) is 1.37 Å². The molecule has 11 rings (SSSR count). The Balaban J connectivity index is 1.23. The van der Waals surface area contributed by atoms with Crippen LogP contribution in [0.15, 0.2) is 197 Å². The monoisotopic (exact) mass is 684 g/mol. The van der Waals surface area contributed by atoms with Gasteiger partial charge in [-0.3, -0.25) is 0 Å². The van der Waals surface area contributed by atoms with Crippen molar-refractivity contribution in [1.29, 1.82) is 0 Å². The van der Waals surface area contributed by atoms with Crippen LogP contribution in [0.2, 0.25) is 0 Å². The molecule has 0 spiro atoms. The van der Waals surface area contributed by atoms with Crippen molar-refractivity contribution in [1.82, 2.24) is 0 Å². The van der Waals surface area contributed by atoms with Crippen LogP contribution in [0.4, 0.5) is 17.1 Å². The van der Waals surface area contributed by atoms with Gasteiger partial charge in [-0.05, 0) is 86.9 Å². The molecule has 9 aromatic carbocycles. The van der Waals surface area contributed by atoms with E-state index in [-0.39, 0.29) is 28.4 Å². The fraction of sp³-hybridized carbons (Fsp3) is 0. The predicted molar refractivity (Wildman–Crippen MR) is 222 cm³/mol. The van der Waals surface area contributed by atoms with E-state index in [1.54, 1.807) is 0 Å². The molecule has 0 amide bonds. The summed E-state index contributed by atoms with van der Waals surface area (Å²) in [7, 11) is 0. The lowest BCUT2D eigenvalue weighted by atomic mass is 9.92. The molecule has 0 atom stereocenters. The molecule has 0 saturated carbocycles. The zero-order valence-electron chi connectivity index (χ0n) is 35.1. The second kappa shape index (κ2) is 11.7. The largest absolute Gasteiger partial charge is 0.456 e. The number of hydrogen-bond acceptors (Lipinski definition) is 3. The van der Waals surface area contributed by atoms with Gasteiger partial charge in [0.1, 0.15) is 22.3 Å². The smallest absolute Gasteiger partial charge is 0.143 e. The molecule has 11 aromatic rings. The molecule has 0 aliphatic heterocycles. The van der Waals surface area contributed by atoms with Crippen LogP contribution in [0.5, 0.6) is 0 Å². The maximum atomic E-state index is 9.28. The van der Waals surface area contributed by atoms with Crippen molar-refractivity contribution >= 4 is 82.5 Å². The van der Waals surface area contributed by atoms with Gasteiger partial charge in [-0.2, -0.15) is 0 Å². The lowest BCUT2D eigenvalue weighted by molar-refractivity contribution is 0.669. The number of rotatable bonds is 5. The molecule has 3 nitrogen and oxygen atoms in total. The van der Waals surface area contributed by atoms with E-state index in [0.717, 1.165) is 60.9 Å². The lowest BCUT2D eigenvalue weighted by Gasteiger charge is -2.26. The Hall–Kier alpha value is -7.10. The highest BCUT2D eigenvalue weighted by molar-refractivity contribution is 6.23. The SMILES string of the molecule is [2H]c1c([2H])c([2H])c2c(-c3cc4c(oc5cccc(N(c6ccc(-c7ccccc7)cc6)c6ccc7c(c6)oc6ccccc67)c54)c4ccccc34)c([2H])c([2H])c([2H])c2c1[2H]. The zero-order valence-corrected chi connectivity index (χ0v) is 28.1. The summed E-state index contributed by atoms with van der Waals surface area (Å²) in [4.78, 5) is 2.17. The summed E-state index contributed by atoms with van der Waals surface area (Å²) < 4.78 is 74.9. The second-order valence-electron chi connectivity index (χ2n) is 13.1. The second-order valence-corrected chi connectivity index (χ2v) is 13.1. The Morgan fingerprint density at radius 1 is 0.415 bits per heavy atom. The van der Waals surface area contributed by atoms with Crippen LogP contribution in [-0.2, 0) is 0 Å². The maximum absolute atomic E-state index is 9.28. The molecule has 53 heavy (non-hydrogen) atoms. The molecule has 0 aliphatic carbocycles. The fourth-order valence-electron chi connectivity index (χ4n) is 7.75. The number of nitrogens with zero attached hydrogens (tertiary/aromatic N) is 1. The molecule has 3 heteroatoms. The summed E-state index contributed by atoms with van der Waals surface area (Å²) in [5, 5.41) is 4.85. The summed E-state index contributed by atoms with van der Waals surface area (Å²) >= 11 is 0. The normalized spacial score (nSPS) is 13.6. The maximum Gasteiger partial charge on any atom is 0.143 e. The van der Waals surface area contributed by atoms with Crippen LogP contribution in [0.3, 0.4) is 0 Å². The van der Waals surface area contributed by atoms with E-state index in [2.05, 4.69) is 59.5 Å². The molecule has 0 bridgehead atoms. The summed E-state index contributed by atoms with van der Waals surface area (Å²) in [5.74, 6) is 0. The number of furan rings is 2. The Morgan fingerprint density at radius 3 is 2.00 bits per heavy atom. The van der Waals surface area contributed by atoms with Crippen molar-refractivity contribution in [2.24, 2.45) is 0 Å². The van der Waals surface area contributed by atoms with Gasteiger partial charge < -0.3 is 13.7 Å². The molecule has 0 aliphatic rings. The Bertz CT molecular complexity index is 3570. The predicted octanol–water partition coefficient (Wildman–Crippen LogP) is 14.6. The third-order valence-corrected chi connectivity index (χ3v) is 10.2. The Labute approximate surface area is 315 Å². The highest BCUT2D eigenvalue weighted by Crippen LogP contribution is 2.47. The van der Waals surface area contributed by atoms with Crippen molar-refractivity contribution in [3.8, 4) is 22.3 Å². The fourth-order valence-corrected chi connectivity index (χ4v) is 7.75. The molecule has 0 saturated heterocycles. The molecule has 248 valence electrons. The van der Waals surface area contributed by atoms with Crippen molar-refractivity contribution in [3.05, 3.63) is 188 Å². The standard InChI is InChI=1S/C50H31NO2/c1-2-12-32(13-3-1)33-24-26-35(27-25-33)51(36-28-29-41-40-18-8-9-22-46(40)52-48(41)30-36)45-21-11-23-47-49(45)44-31-43(39-17-6-7-19-42(39)50(44)53-47)38-20-10-15-34-14-4-5-16-37(34)38/h1-31H/i4D,5D,10D,14D,15D,16D,20D.